The molecule has 1 fully saturated rings. The SMILES string of the molecule is CCOC(=O)[C@@H](C)N1CCC(CCCOc2cccc(-c3ccc(N4CCc5cccc(C(=O)Nc6nc7ccccc7s6)c5C4)nc3C(=O)OC(C)(C)C)c2C)CC1. The van der Waals surface area contributed by atoms with Crippen molar-refractivity contribution in [2.75, 3.05) is 43.1 Å². The number of carbonyl (C=O) groups is 3. The Kier molecular flexibility index (Phi) is 13.0. The average Bonchev–Trinajstić information content (AvgIpc) is 3.64. The molecule has 2 aliphatic heterocycles. The van der Waals surface area contributed by atoms with Crippen LogP contribution in [-0.4, -0.2) is 77.2 Å². The van der Waals surface area contributed by atoms with Gasteiger partial charge in [0.05, 0.1) is 23.4 Å². The van der Waals surface area contributed by atoms with E-state index in [1.165, 1.54) is 11.3 Å². The second-order valence-corrected chi connectivity index (χ2v) is 17.5. The number of aromatic nitrogens is 2. The van der Waals surface area contributed by atoms with Crippen molar-refractivity contribution in [3.63, 3.8) is 0 Å². The zero-order valence-corrected chi connectivity index (χ0v) is 35.8. The maximum atomic E-state index is 13.9. The van der Waals surface area contributed by atoms with Gasteiger partial charge in [-0.05, 0) is 151 Å². The third-order valence-corrected chi connectivity index (χ3v) is 12.2. The van der Waals surface area contributed by atoms with Gasteiger partial charge in [-0.3, -0.25) is 19.8 Å². The van der Waals surface area contributed by atoms with E-state index in [0.717, 1.165) is 83.4 Å². The number of ether oxygens (including phenoxy) is 3. The number of carbonyl (C=O) groups excluding carboxylic acids is 3. The topological polar surface area (TPSA) is 123 Å². The lowest BCUT2D eigenvalue weighted by Crippen LogP contribution is -2.44. The highest BCUT2D eigenvalue weighted by Gasteiger charge is 2.29. The van der Waals surface area contributed by atoms with Crippen LogP contribution in [0.5, 0.6) is 5.75 Å². The van der Waals surface area contributed by atoms with Crippen LogP contribution in [0.1, 0.15) is 97.8 Å². The molecule has 1 atom stereocenters. The summed E-state index contributed by atoms with van der Waals surface area (Å²) in [5.41, 5.74) is 5.43. The maximum absolute atomic E-state index is 13.9. The number of fused-ring (bicyclic) bond motifs is 2. The van der Waals surface area contributed by atoms with Crippen molar-refractivity contribution in [3.05, 3.63) is 101 Å². The third kappa shape index (κ3) is 9.93. The van der Waals surface area contributed by atoms with E-state index in [9.17, 15) is 14.4 Å². The number of thiazole rings is 1. The van der Waals surface area contributed by atoms with Gasteiger partial charge >= 0.3 is 11.9 Å². The molecule has 0 unspecified atom stereocenters. The second-order valence-electron chi connectivity index (χ2n) is 16.4. The summed E-state index contributed by atoms with van der Waals surface area (Å²) in [5, 5.41) is 3.58. The van der Waals surface area contributed by atoms with Crippen LogP contribution < -0.4 is 15.0 Å². The van der Waals surface area contributed by atoms with E-state index in [4.69, 9.17) is 19.2 Å². The number of amides is 1. The molecular formula is C47H55N5O6S. The fraction of sp³-hybridized carbons (Fsp3) is 0.426. The monoisotopic (exact) mass is 817 g/mol. The molecule has 7 rings (SSSR count). The van der Waals surface area contributed by atoms with Gasteiger partial charge in [-0.1, -0.05) is 47.7 Å². The van der Waals surface area contributed by atoms with Gasteiger partial charge in [0.1, 0.15) is 23.2 Å². The van der Waals surface area contributed by atoms with Crippen molar-refractivity contribution in [3.8, 4) is 16.9 Å². The van der Waals surface area contributed by atoms with Gasteiger partial charge in [0, 0.05) is 24.2 Å². The lowest BCUT2D eigenvalue weighted by Gasteiger charge is -2.34. The zero-order chi connectivity index (χ0) is 41.7. The van der Waals surface area contributed by atoms with Crippen LogP contribution >= 0.6 is 11.3 Å². The summed E-state index contributed by atoms with van der Waals surface area (Å²) in [6.45, 7) is 15.2. The predicted octanol–water partition coefficient (Wildman–Crippen LogP) is 9.26. The smallest absolute Gasteiger partial charge is 0.358 e. The molecule has 2 aliphatic rings. The molecule has 2 aromatic heterocycles. The Morgan fingerprint density at radius 2 is 1.71 bits per heavy atom. The number of para-hydroxylation sites is 1. The highest BCUT2D eigenvalue weighted by atomic mass is 32.1. The predicted molar refractivity (Wildman–Crippen MR) is 233 cm³/mol. The second kappa shape index (κ2) is 18.3. The Labute approximate surface area is 351 Å². The number of esters is 2. The van der Waals surface area contributed by atoms with Gasteiger partial charge in [0.25, 0.3) is 5.91 Å². The molecule has 0 bridgehead atoms. The Hall–Kier alpha value is -5.33. The largest absolute Gasteiger partial charge is 0.493 e. The molecule has 11 nitrogen and oxygen atoms in total. The van der Waals surface area contributed by atoms with Crippen molar-refractivity contribution < 1.29 is 28.6 Å². The van der Waals surface area contributed by atoms with E-state index in [0.29, 0.717) is 54.3 Å². The first-order chi connectivity index (χ1) is 28.4. The number of nitrogens with one attached hydrogen (secondary N) is 1. The van der Waals surface area contributed by atoms with E-state index < -0.39 is 11.6 Å². The number of benzene rings is 3. The lowest BCUT2D eigenvalue weighted by atomic mass is 9.91. The van der Waals surface area contributed by atoms with Crippen molar-refractivity contribution in [1.82, 2.24) is 14.9 Å². The number of likely N-dealkylation sites (tertiary alicyclic amines) is 1. The maximum Gasteiger partial charge on any atom is 0.358 e. The molecular weight excluding hydrogens is 763 g/mol. The molecule has 4 heterocycles. The summed E-state index contributed by atoms with van der Waals surface area (Å²) in [5.74, 6) is 1.14. The minimum absolute atomic E-state index is 0.145. The molecule has 0 aliphatic carbocycles. The van der Waals surface area contributed by atoms with Crippen molar-refractivity contribution in [1.29, 1.82) is 0 Å². The summed E-state index contributed by atoms with van der Waals surface area (Å²) in [7, 11) is 0. The molecule has 0 radical (unpaired) electrons. The number of anilines is 2. The number of pyridine rings is 1. The Morgan fingerprint density at radius 1 is 0.932 bits per heavy atom. The van der Waals surface area contributed by atoms with Crippen molar-refractivity contribution in [2.24, 2.45) is 5.92 Å². The molecule has 1 N–H and O–H groups in total. The fourth-order valence-corrected chi connectivity index (χ4v) is 8.92. The molecule has 1 amide bonds. The average molecular weight is 818 g/mol. The number of hydrogen-bond acceptors (Lipinski definition) is 11. The van der Waals surface area contributed by atoms with Crippen molar-refractivity contribution >= 4 is 50.3 Å². The first-order valence-corrected chi connectivity index (χ1v) is 21.6. The van der Waals surface area contributed by atoms with Gasteiger partial charge < -0.3 is 19.1 Å². The van der Waals surface area contributed by atoms with Gasteiger partial charge in [-0.2, -0.15) is 0 Å². The quantitative estimate of drug-likeness (QED) is 0.0909. The minimum atomic E-state index is -0.725. The van der Waals surface area contributed by atoms with Crippen molar-refractivity contribution in [2.45, 2.75) is 91.8 Å². The highest BCUT2D eigenvalue weighted by Crippen LogP contribution is 2.36. The summed E-state index contributed by atoms with van der Waals surface area (Å²) < 4.78 is 18.5. The van der Waals surface area contributed by atoms with E-state index >= 15 is 0 Å². The van der Waals surface area contributed by atoms with Gasteiger partial charge in [-0.25, -0.2) is 14.8 Å². The summed E-state index contributed by atoms with van der Waals surface area (Å²) >= 11 is 1.45. The summed E-state index contributed by atoms with van der Waals surface area (Å²) in [6, 6.07) is 23.3. The van der Waals surface area contributed by atoms with Crippen LogP contribution in [0, 0.1) is 12.8 Å². The van der Waals surface area contributed by atoms with E-state index in [-0.39, 0.29) is 23.6 Å². The molecule has 5 aromatic rings. The molecule has 0 spiro atoms. The van der Waals surface area contributed by atoms with Gasteiger partial charge in [0.15, 0.2) is 10.8 Å². The number of rotatable bonds is 13. The van der Waals surface area contributed by atoms with Crippen LogP contribution in [0.3, 0.4) is 0 Å². The fourth-order valence-electron chi connectivity index (χ4n) is 8.06. The summed E-state index contributed by atoms with van der Waals surface area (Å²) in [6.07, 6.45) is 4.81. The molecule has 12 heteroatoms. The van der Waals surface area contributed by atoms with Crippen LogP contribution in [0.15, 0.2) is 72.8 Å². The zero-order valence-electron chi connectivity index (χ0n) is 35.0. The lowest BCUT2D eigenvalue weighted by molar-refractivity contribution is -0.149. The highest BCUT2D eigenvalue weighted by molar-refractivity contribution is 7.22. The molecule has 310 valence electrons. The van der Waals surface area contributed by atoms with Gasteiger partial charge in [0.2, 0.25) is 0 Å². The van der Waals surface area contributed by atoms with E-state index in [2.05, 4.69) is 26.2 Å². The standard InChI is InChI=1S/C47H55N5O6S/c1-7-56-44(54)31(3)51-25-22-32(23-26-51)13-12-28-57-39-18-11-15-34(30(39)2)35-20-21-41(49-42(35)45(55)58-47(4,5)6)52-27-24-33-14-10-16-36(37(33)29-52)43(53)50-46-48-38-17-8-9-19-40(38)59-46/h8-11,14-21,31-32H,7,12-13,22-29H2,1-6H3,(H,48,50,53)/t31-/m1/s1. The Bertz CT molecular complexity index is 2280. The van der Waals surface area contributed by atoms with Crippen LogP contribution in [-0.2, 0) is 27.2 Å². The number of nitrogens with zero attached hydrogens (tertiary/aromatic N) is 4. The van der Waals surface area contributed by atoms with Crippen LogP contribution in [0.25, 0.3) is 21.3 Å². The summed E-state index contributed by atoms with van der Waals surface area (Å²) in [4.78, 5) is 53.8. The molecule has 59 heavy (non-hydrogen) atoms. The number of piperidine rings is 1. The molecule has 3 aromatic carbocycles. The first kappa shape index (κ1) is 41.8. The van der Waals surface area contributed by atoms with Gasteiger partial charge in [-0.15, -0.1) is 0 Å². The van der Waals surface area contributed by atoms with E-state index in [1.807, 2.05) is 108 Å². The normalized spacial score (nSPS) is 15.4. The first-order valence-electron chi connectivity index (χ1n) is 20.8. The number of hydrogen-bond donors (Lipinski definition) is 1. The molecule has 1 saturated heterocycles. The molecule has 0 saturated carbocycles. The third-order valence-electron chi connectivity index (χ3n) is 11.2. The minimum Gasteiger partial charge on any atom is -0.493 e. The van der Waals surface area contributed by atoms with E-state index in [1.54, 1.807) is 0 Å². The van der Waals surface area contributed by atoms with Crippen LogP contribution in [0.2, 0.25) is 0 Å². The van der Waals surface area contributed by atoms with Crippen LogP contribution in [0.4, 0.5) is 10.9 Å². The Balaban J connectivity index is 1.05. The Morgan fingerprint density at radius 3 is 2.47 bits per heavy atom.